The monoisotopic (exact) mass is 264 g/mol. The number of thiophene rings is 1. The first-order valence-corrected chi connectivity index (χ1v) is 6.46. The van der Waals surface area contributed by atoms with E-state index in [2.05, 4.69) is 5.10 Å². The lowest BCUT2D eigenvalue weighted by Crippen LogP contribution is -2.30. The molecule has 0 aliphatic carbocycles. The summed E-state index contributed by atoms with van der Waals surface area (Å²) in [6.07, 6.45) is 3.11. The van der Waals surface area contributed by atoms with Crippen LogP contribution in [0.15, 0.2) is 24.5 Å². The van der Waals surface area contributed by atoms with E-state index >= 15 is 0 Å². The first-order chi connectivity index (χ1) is 8.49. The molecule has 0 saturated heterocycles. The lowest BCUT2D eigenvalue weighted by Gasteiger charge is -2.19. The topological polar surface area (TPSA) is 86.9 Å². The van der Waals surface area contributed by atoms with E-state index in [1.165, 1.54) is 11.1 Å². The van der Waals surface area contributed by atoms with Crippen molar-refractivity contribution in [1.29, 1.82) is 0 Å². The third kappa shape index (κ3) is 2.44. The van der Waals surface area contributed by atoms with Gasteiger partial charge in [0.05, 0.1) is 11.8 Å². The molecule has 2 rings (SSSR count). The number of amides is 1. The van der Waals surface area contributed by atoms with Crippen LogP contribution in [0.5, 0.6) is 0 Å². The lowest BCUT2D eigenvalue weighted by molar-refractivity contribution is 0.1000. The zero-order chi connectivity index (χ0) is 13.3. The predicted molar refractivity (Wildman–Crippen MR) is 71.6 cm³/mol. The molecule has 0 fully saturated rings. The number of primary amides is 1. The summed E-state index contributed by atoms with van der Waals surface area (Å²) in [4.78, 5) is 13.4. The molecule has 0 saturated carbocycles. The second kappa shape index (κ2) is 4.91. The Hall–Kier alpha value is -1.66. The Balaban J connectivity index is 2.38. The highest BCUT2D eigenvalue weighted by Gasteiger charge is 2.21. The van der Waals surface area contributed by atoms with Gasteiger partial charge in [-0.05, 0) is 26.0 Å². The number of nitrogens with zero attached hydrogens (tertiary/aromatic N) is 2. The second-order valence-electron chi connectivity index (χ2n) is 4.33. The Bertz CT molecular complexity index is 558. The summed E-state index contributed by atoms with van der Waals surface area (Å²) in [6, 6.07) is 3.91. The summed E-state index contributed by atoms with van der Waals surface area (Å²) in [6.45, 7) is 3.97. The molecule has 6 heteroatoms. The van der Waals surface area contributed by atoms with Gasteiger partial charge in [0.15, 0.2) is 0 Å². The SMILES string of the molecule is Cc1ccc(C(C(C)N)n2cc(C(N)=O)cn2)s1. The third-order valence-corrected chi connectivity index (χ3v) is 3.79. The highest BCUT2D eigenvalue weighted by Crippen LogP contribution is 2.27. The van der Waals surface area contributed by atoms with Crippen LogP contribution in [0.4, 0.5) is 0 Å². The van der Waals surface area contributed by atoms with E-state index in [-0.39, 0.29) is 12.1 Å². The second-order valence-corrected chi connectivity index (χ2v) is 5.65. The molecular weight excluding hydrogens is 248 g/mol. The van der Waals surface area contributed by atoms with Crippen LogP contribution in [0.25, 0.3) is 0 Å². The van der Waals surface area contributed by atoms with Crippen molar-refractivity contribution >= 4 is 17.2 Å². The molecule has 2 aromatic heterocycles. The van der Waals surface area contributed by atoms with Gasteiger partial charge in [0, 0.05) is 22.0 Å². The summed E-state index contributed by atoms with van der Waals surface area (Å²) >= 11 is 1.68. The first-order valence-electron chi connectivity index (χ1n) is 5.65. The van der Waals surface area contributed by atoms with Crippen molar-refractivity contribution in [3.8, 4) is 0 Å². The Morgan fingerprint density at radius 1 is 1.50 bits per heavy atom. The van der Waals surface area contributed by atoms with Crippen LogP contribution in [0.3, 0.4) is 0 Å². The van der Waals surface area contributed by atoms with Crippen LogP contribution in [0.2, 0.25) is 0 Å². The number of aromatic nitrogens is 2. The van der Waals surface area contributed by atoms with Crippen molar-refractivity contribution in [2.75, 3.05) is 0 Å². The zero-order valence-corrected chi connectivity index (χ0v) is 11.1. The predicted octanol–water partition coefficient (Wildman–Crippen LogP) is 1.29. The van der Waals surface area contributed by atoms with Gasteiger partial charge >= 0.3 is 0 Å². The molecule has 2 heterocycles. The summed E-state index contributed by atoms with van der Waals surface area (Å²) in [7, 11) is 0. The number of carbonyl (C=O) groups is 1. The normalized spacial score (nSPS) is 14.4. The van der Waals surface area contributed by atoms with Crippen molar-refractivity contribution in [3.05, 3.63) is 39.8 Å². The summed E-state index contributed by atoms with van der Waals surface area (Å²) in [5.74, 6) is -0.480. The van der Waals surface area contributed by atoms with E-state index in [9.17, 15) is 4.79 Å². The summed E-state index contributed by atoms with van der Waals surface area (Å²) in [5, 5.41) is 4.19. The van der Waals surface area contributed by atoms with Crippen LogP contribution >= 0.6 is 11.3 Å². The Labute approximate surface area is 109 Å². The standard InChI is InChI=1S/C12H16N4OS/c1-7-3-4-10(18-7)11(8(2)13)16-6-9(5-15-16)12(14)17/h3-6,8,11H,13H2,1-2H3,(H2,14,17). The maximum atomic E-state index is 11.1. The molecule has 18 heavy (non-hydrogen) atoms. The van der Waals surface area contributed by atoms with E-state index in [0.717, 1.165) is 4.88 Å². The van der Waals surface area contributed by atoms with Crippen molar-refractivity contribution in [3.63, 3.8) is 0 Å². The molecular formula is C12H16N4OS. The average Bonchev–Trinajstić information content (AvgIpc) is 2.88. The van der Waals surface area contributed by atoms with Crippen LogP contribution < -0.4 is 11.5 Å². The van der Waals surface area contributed by atoms with Crippen molar-refractivity contribution in [1.82, 2.24) is 9.78 Å². The molecule has 0 bridgehead atoms. The van der Waals surface area contributed by atoms with E-state index in [0.29, 0.717) is 5.56 Å². The smallest absolute Gasteiger partial charge is 0.251 e. The lowest BCUT2D eigenvalue weighted by atomic mass is 10.1. The van der Waals surface area contributed by atoms with Crippen molar-refractivity contribution in [2.45, 2.75) is 25.9 Å². The van der Waals surface area contributed by atoms with Gasteiger partial charge in [-0.2, -0.15) is 5.10 Å². The van der Waals surface area contributed by atoms with E-state index in [1.54, 1.807) is 22.2 Å². The summed E-state index contributed by atoms with van der Waals surface area (Å²) < 4.78 is 1.70. The summed E-state index contributed by atoms with van der Waals surface area (Å²) in [5.41, 5.74) is 11.6. The number of nitrogens with two attached hydrogens (primary N) is 2. The minimum atomic E-state index is -0.480. The third-order valence-electron chi connectivity index (χ3n) is 2.72. The van der Waals surface area contributed by atoms with Gasteiger partial charge in [-0.3, -0.25) is 9.48 Å². The van der Waals surface area contributed by atoms with Crippen LogP contribution in [-0.2, 0) is 0 Å². The molecule has 0 aliphatic rings. The Morgan fingerprint density at radius 3 is 2.67 bits per heavy atom. The minimum absolute atomic E-state index is 0.0724. The number of carbonyl (C=O) groups excluding carboxylic acids is 1. The fraction of sp³-hybridized carbons (Fsp3) is 0.333. The van der Waals surface area contributed by atoms with Crippen LogP contribution in [-0.4, -0.2) is 21.7 Å². The molecule has 0 spiro atoms. The van der Waals surface area contributed by atoms with Gasteiger partial charge in [0.1, 0.15) is 6.04 Å². The van der Waals surface area contributed by atoms with Crippen LogP contribution in [0.1, 0.15) is 33.1 Å². The fourth-order valence-corrected chi connectivity index (χ4v) is 2.95. The number of hydrogen-bond donors (Lipinski definition) is 2. The van der Waals surface area contributed by atoms with Gasteiger partial charge in [-0.1, -0.05) is 0 Å². The van der Waals surface area contributed by atoms with Gasteiger partial charge in [0.25, 0.3) is 5.91 Å². The number of rotatable bonds is 4. The Kier molecular flexibility index (Phi) is 3.49. The maximum absolute atomic E-state index is 11.1. The largest absolute Gasteiger partial charge is 0.366 e. The fourth-order valence-electron chi connectivity index (χ4n) is 1.86. The van der Waals surface area contributed by atoms with E-state index < -0.39 is 5.91 Å². The first kappa shape index (κ1) is 12.8. The zero-order valence-electron chi connectivity index (χ0n) is 10.3. The van der Waals surface area contributed by atoms with Gasteiger partial charge < -0.3 is 11.5 Å². The van der Waals surface area contributed by atoms with Crippen LogP contribution in [0, 0.1) is 6.92 Å². The molecule has 0 aromatic carbocycles. The minimum Gasteiger partial charge on any atom is -0.366 e. The van der Waals surface area contributed by atoms with Gasteiger partial charge in [0.2, 0.25) is 0 Å². The molecule has 5 nitrogen and oxygen atoms in total. The number of aryl methyl sites for hydroxylation is 1. The molecule has 2 aromatic rings. The quantitative estimate of drug-likeness (QED) is 0.872. The molecule has 4 N–H and O–H groups in total. The van der Waals surface area contributed by atoms with E-state index in [4.69, 9.17) is 11.5 Å². The van der Waals surface area contributed by atoms with Gasteiger partial charge in [-0.25, -0.2) is 0 Å². The average molecular weight is 264 g/mol. The van der Waals surface area contributed by atoms with Crippen molar-refractivity contribution in [2.24, 2.45) is 11.5 Å². The molecule has 2 unspecified atom stereocenters. The van der Waals surface area contributed by atoms with Gasteiger partial charge in [-0.15, -0.1) is 11.3 Å². The molecule has 96 valence electrons. The molecule has 2 atom stereocenters. The highest BCUT2D eigenvalue weighted by molar-refractivity contribution is 7.12. The molecule has 1 amide bonds. The molecule has 0 radical (unpaired) electrons. The maximum Gasteiger partial charge on any atom is 0.251 e. The van der Waals surface area contributed by atoms with E-state index in [1.807, 2.05) is 26.0 Å². The van der Waals surface area contributed by atoms with Crippen molar-refractivity contribution < 1.29 is 4.79 Å². The number of hydrogen-bond acceptors (Lipinski definition) is 4. The molecule has 0 aliphatic heterocycles. The highest BCUT2D eigenvalue weighted by atomic mass is 32.1. The Morgan fingerprint density at radius 2 is 2.22 bits per heavy atom.